The predicted molar refractivity (Wildman–Crippen MR) is 139 cm³/mol. The number of fused-ring (bicyclic) bond motifs is 1. The maximum atomic E-state index is 6.37. The summed E-state index contributed by atoms with van der Waals surface area (Å²) in [7, 11) is 0. The molecule has 7 heteroatoms. The van der Waals surface area contributed by atoms with Gasteiger partial charge >= 0.3 is 0 Å². The first-order chi connectivity index (χ1) is 16.1. The van der Waals surface area contributed by atoms with Crippen molar-refractivity contribution >= 4 is 35.6 Å². The summed E-state index contributed by atoms with van der Waals surface area (Å²) in [6.07, 6.45) is 4.29. The Morgan fingerprint density at radius 1 is 0.882 bits per heavy atom. The van der Waals surface area contributed by atoms with Crippen molar-refractivity contribution in [2.24, 2.45) is 0 Å². The molecular formula is C27H27Cl3N2O2. The van der Waals surface area contributed by atoms with Gasteiger partial charge in [-0.05, 0) is 46.5 Å². The fourth-order valence-electron chi connectivity index (χ4n) is 4.30. The summed E-state index contributed by atoms with van der Waals surface area (Å²) in [6.45, 7) is 3.58. The molecule has 2 unspecified atom stereocenters. The van der Waals surface area contributed by atoms with E-state index in [9.17, 15) is 0 Å². The Bertz CT molecular complexity index is 1110. The van der Waals surface area contributed by atoms with Crippen LogP contribution < -0.4 is 0 Å². The first-order valence-electron chi connectivity index (χ1n) is 11.1. The van der Waals surface area contributed by atoms with Crippen LogP contribution in [0.5, 0.6) is 0 Å². The third kappa shape index (κ3) is 6.07. The van der Waals surface area contributed by atoms with Gasteiger partial charge in [0.2, 0.25) is 0 Å². The molecule has 0 spiro atoms. The van der Waals surface area contributed by atoms with Gasteiger partial charge in [0.15, 0.2) is 0 Å². The van der Waals surface area contributed by atoms with Crippen LogP contribution in [-0.2, 0) is 22.7 Å². The van der Waals surface area contributed by atoms with Gasteiger partial charge in [-0.3, -0.25) is 0 Å². The van der Waals surface area contributed by atoms with Gasteiger partial charge in [-0.25, -0.2) is 0 Å². The van der Waals surface area contributed by atoms with E-state index in [1.807, 2.05) is 48.5 Å². The second kappa shape index (κ2) is 11.5. The molecule has 34 heavy (non-hydrogen) atoms. The number of rotatable bonds is 8. The molecule has 0 amide bonds. The van der Waals surface area contributed by atoms with E-state index in [-0.39, 0.29) is 24.6 Å². The van der Waals surface area contributed by atoms with Gasteiger partial charge in [0.25, 0.3) is 0 Å². The number of hydrogen-bond acceptors (Lipinski definition) is 4. The van der Waals surface area contributed by atoms with Crippen LogP contribution in [-0.4, -0.2) is 29.6 Å². The number of halogens is 3. The monoisotopic (exact) mass is 516 g/mol. The maximum absolute atomic E-state index is 6.37. The van der Waals surface area contributed by atoms with Crippen molar-refractivity contribution < 1.29 is 9.47 Å². The van der Waals surface area contributed by atoms with E-state index >= 15 is 0 Å². The molecule has 0 aromatic heterocycles. The van der Waals surface area contributed by atoms with Crippen LogP contribution in [0, 0.1) is 0 Å². The van der Waals surface area contributed by atoms with E-state index in [4.69, 9.17) is 32.7 Å². The highest BCUT2D eigenvalue weighted by Crippen LogP contribution is 2.32. The van der Waals surface area contributed by atoms with Crippen LogP contribution in [0.2, 0.25) is 10.0 Å². The van der Waals surface area contributed by atoms with E-state index in [1.165, 1.54) is 11.1 Å². The molecule has 0 saturated carbocycles. The van der Waals surface area contributed by atoms with E-state index in [2.05, 4.69) is 46.5 Å². The molecule has 0 bridgehead atoms. The summed E-state index contributed by atoms with van der Waals surface area (Å²) in [5, 5.41) is 1.45. The Balaban J connectivity index is 0.00000274. The summed E-state index contributed by atoms with van der Waals surface area (Å²) in [5.74, 6) is 0. The van der Waals surface area contributed by atoms with Crippen molar-refractivity contribution in [3.63, 3.8) is 0 Å². The topological polar surface area (TPSA) is 24.9 Å². The minimum Gasteiger partial charge on any atom is -0.367 e. The fraction of sp³-hybridized carbons (Fsp3) is 0.259. The van der Waals surface area contributed by atoms with Crippen LogP contribution in [0.1, 0.15) is 34.5 Å². The Labute approximate surface area is 217 Å². The second-order valence-corrected chi connectivity index (χ2v) is 9.33. The molecule has 5 rings (SSSR count). The summed E-state index contributed by atoms with van der Waals surface area (Å²) in [4.78, 5) is 4.58. The molecule has 0 radical (unpaired) electrons. The highest BCUT2D eigenvalue weighted by atomic mass is 35.5. The maximum Gasteiger partial charge on any atom is 0.101 e. The Kier molecular flexibility index (Phi) is 8.41. The van der Waals surface area contributed by atoms with Crippen LogP contribution in [0.4, 0.5) is 0 Å². The Morgan fingerprint density at radius 2 is 1.56 bits per heavy atom. The van der Waals surface area contributed by atoms with Crippen molar-refractivity contribution in [2.45, 2.75) is 25.4 Å². The van der Waals surface area contributed by atoms with Gasteiger partial charge in [-0.2, -0.15) is 0 Å². The second-order valence-electron chi connectivity index (χ2n) is 8.46. The van der Waals surface area contributed by atoms with Crippen molar-refractivity contribution in [3.05, 3.63) is 117 Å². The minimum absolute atomic E-state index is 0. The van der Waals surface area contributed by atoms with Gasteiger partial charge in [-0.1, -0.05) is 71.7 Å². The van der Waals surface area contributed by atoms with Crippen LogP contribution >= 0.6 is 35.6 Å². The van der Waals surface area contributed by atoms with Crippen molar-refractivity contribution in [2.75, 3.05) is 19.8 Å². The SMILES string of the molecule is Cl.Clc1ccc(COC(CN2C=CN(CC3OCc4ccccc43)C2)c2ccc(Cl)cc2)cc1. The Morgan fingerprint density at radius 3 is 2.32 bits per heavy atom. The molecule has 0 fully saturated rings. The van der Waals surface area contributed by atoms with Crippen LogP contribution in [0.3, 0.4) is 0 Å². The molecule has 3 aromatic carbocycles. The van der Waals surface area contributed by atoms with Crippen LogP contribution in [0.25, 0.3) is 0 Å². The van der Waals surface area contributed by atoms with Gasteiger partial charge in [-0.15, -0.1) is 12.4 Å². The van der Waals surface area contributed by atoms with Gasteiger partial charge in [0, 0.05) is 35.5 Å². The highest BCUT2D eigenvalue weighted by Gasteiger charge is 2.26. The number of nitrogens with zero attached hydrogens (tertiary/aromatic N) is 2. The van der Waals surface area contributed by atoms with E-state index in [1.54, 1.807) is 0 Å². The molecule has 2 atom stereocenters. The standard InChI is InChI=1S/C27H26Cl2N2O2.ClH/c28-23-9-5-20(6-10-23)17-32-26(21-7-11-24(29)12-8-21)15-30-13-14-31(19-30)16-27-25-4-2-1-3-22(25)18-33-27;/h1-14,26-27H,15-19H2;1H. The molecule has 2 aliphatic heterocycles. The lowest BCUT2D eigenvalue weighted by atomic mass is 10.1. The normalized spacial score (nSPS) is 17.5. The van der Waals surface area contributed by atoms with Gasteiger partial charge in [0.05, 0.1) is 19.9 Å². The zero-order valence-corrected chi connectivity index (χ0v) is 21.0. The van der Waals surface area contributed by atoms with E-state index < -0.39 is 0 Å². The zero-order chi connectivity index (χ0) is 22.6. The molecule has 3 aromatic rings. The molecular weight excluding hydrogens is 491 g/mol. The first kappa shape index (κ1) is 24.9. The molecule has 2 heterocycles. The molecule has 2 aliphatic rings. The number of hydrogen-bond donors (Lipinski definition) is 0. The summed E-state index contributed by atoms with van der Waals surface area (Å²) < 4.78 is 12.4. The zero-order valence-electron chi connectivity index (χ0n) is 18.6. The number of ether oxygens (including phenoxy) is 2. The molecule has 0 aliphatic carbocycles. The molecule has 178 valence electrons. The lowest BCUT2D eigenvalue weighted by Gasteiger charge is -2.27. The third-order valence-corrected chi connectivity index (χ3v) is 6.60. The summed E-state index contributed by atoms with van der Waals surface area (Å²) in [6, 6.07) is 24.2. The van der Waals surface area contributed by atoms with Crippen LogP contribution in [0.15, 0.2) is 85.2 Å². The first-order valence-corrected chi connectivity index (χ1v) is 11.9. The highest BCUT2D eigenvalue weighted by molar-refractivity contribution is 6.30. The quantitative estimate of drug-likeness (QED) is 0.321. The smallest absolute Gasteiger partial charge is 0.101 e. The molecule has 0 N–H and O–H groups in total. The minimum atomic E-state index is -0.0917. The van der Waals surface area contributed by atoms with E-state index in [0.29, 0.717) is 13.2 Å². The predicted octanol–water partition coefficient (Wildman–Crippen LogP) is 6.99. The molecule has 0 saturated heterocycles. The lowest BCUT2D eigenvalue weighted by molar-refractivity contribution is 0.0137. The third-order valence-electron chi connectivity index (χ3n) is 6.10. The fourth-order valence-corrected chi connectivity index (χ4v) is 4.55. The largest absolute Gasteiger partial charge is 0.367 e. The average molecular weight is 518 g/mol. The number of benzene rings is 3. The van der Waals surface area contributed by atoms with E-state index in [0.717, 1.165) is 40.9 Å². The van der Waals surface area contributed by atoms with Crippen molar-refractivity contribution in [3.8, 4) is 0 Å². The van der Waals surface area contributed by atoms with Crippen molar-refractivity contribution in [1.29, 1.82) is 0 Å². The summed E-state index contributed by atoms with van der Waals surface area (Å²) >= 11 is 12.1. The molecule has 4 nitrogen and oxygen atoms in total. The van der Waals surface area contributed by atoms with Gasteiger partial charge < -0.3 is 19.3 Å². The van der Waals surface area contributed by atoms with Gasteiger partial charge in [0.1, 0.15) is 12.2 Å². The lowest BCUT2D eigenvalue weighted by Crippen LogP contribution is -2.31. The Hall–Kier alpha value is -2.21. The summed E-state index contributed by atoms with van der Waals surface area (Å²) in [5.41, 5.74) is 4.79. The average Bonchev–Trinajstić information content (AvgIpc) is 3.45. The van der Waals surface area contributed by atoms with Crippen molar-refractivity contribution in [1.82, 2.24) is 9.80 Å².